The Balaban J connectivity index is 2.60. The van der Waals surface area contributed by atoms with Crippen molar-refractivity contribution >= 4 is 11.9 Å². The molecule has 0 amide bonds. The molecule has 4 nitrogen and oxygen atoms in total. The Morgan fingerprint density at radius 2 is 1.11 bits per heavy atom. The first-order valence-corrected chi connectivity index (χ1v) is 11.0. The van der Waals surface area contributed by atoms with Crippen molar-refractivity contribution in [2.75, 3.05) is 0 Å². The molecule has 0 unspecified atom stereocenters. The number of hydrogen-bond donors (Lipinski definition) is 0. The molecule has 1 rings (SSSR count). The normalized spacial score (nSPS) is 13.0. The third-order valence-corrected chi connectivity index (χ3v) is 4.91. The van der Waals surface area contributed by atoms with Crippen LogP contribution in [0, 0.1) is 0 Å². The molecule has 4 heteroatoms. The van der Waals surface area contributed by atoms with Crippen LogP contribution in [0.2, 0.25) is 0 Å². The summed E-state index contributed by atoms with van der Waals surface area (Å²) in [6.07, 6.45) is 10.5. The minimum Gasteiger partial charge on any atom is -0.459 e. The van der Waals surface area contributed by atoms with Gasteiger partial charge in [-0.1, -0.05) is 64.5 Å². The molecular weight excluding hydrogens is 352 g/mol. The molecule has 0 saturated heterocycles. The number of carbonyl (C=O) groups excluding carboxylic acids is 2. The first-order chi connectivity index (χ1) is 13.5. The van der Waals surface area contributed by atoms with E-state index >= 15 is 0 Å². The van der Waals surface area contributed by atoms with Crippen molar-refractivity contribution in [2.45, 2.75) is 104 Å². The number of ether oxygens (including phenoxy) is 2. The zero-order valence-corrected chi connectivity index (χ0v) is 18.2. The summed E-state index contributed by atoms with van der Waals surface area (Å²) in [6.45, 7) is 8.16. The molecule has 28 heavy (non-hydrogen) atoms. The third kappa shape index (κ3) is 9.38. The number of benzene rings is 1. The fraction of sp³-hybridized carbons (Fsp3) is 0.667. The highest BCUT2D eigenvalue weighted by Gasteiger charge is 2.21. The number of unbranched alkanes of at least 4 members (excludes halogenated alkanes) is 6. The van der Waals surface area contributed by atoms with Gasteiger partial charge in [-0.2, -0.15) is 0 Å². The molecule has 0 N–H and O–H groups in total. The van der Waals surface area contributed by atoms with Crippen LogP contribution in [0.1, 0.15) is 113 Å². The highest BCUT2D eigenvalue weighted by molar-refractivity contribution is 6.03. The highest BCUT2D eigenvalue weighted by atomic mass is 16.5. The first-order valence-electron chi connectivity index (χ1n) is 11.0. The summed E-state index contributed by atoms with van der Waals surface area (Å²) >= 11 is 0. The Hall–Kier alpha value is -1.84. The minimum absolute atomic E-state index is 0.161. The van der Waals surface area contributed by atoms with Gasteiger partial charge in [-0.05, 0) is 51.7 Å². The van der Waals surface area contributed by atoms with Crippen molar-refractivity contribution in [1.82, 2.24) is 0 Å². The number of carbonyl (C=O) groups is 2. The molecule has 0 heterocycles. The zero-order valence-electron chi connectivity index (χ0n) is 18.2. The van der Waals surface area contributed by atoms with Crippen LogP contribution in [0.3, 0.4) is 0 Å². The van der Waals surface area contributed by atoms with E-state index in [2.05, 4.69) is 13.8 Å². The SMILES string of the molecule is CCCCCC[C@H](C)OC(=O)c1ccccc1C(=O)O[C@@H](C)CCCCCC. The van der Waals surface area contributed by atoms with E-state index in [1.807, 2.05) is 13.8 Å². The first kappa shape index (κ1) is 24.2. The van der Waals surface area contributed by atoms with Crippen molar-refractivity contribution in [3.8, 4) is 0 Å². The molecule has 1 aromatic rings. The van der Waals surface area contributed by atoms with Crippen LogP contribution in [-0.2, 0) is 9.47 Å². The van der Waals surface area contributed by atoms with Crippen molar-refractivity contribution in [3.05, 3.63) is 35.4 Å². The van der Waals surface area contributed by atoms with Gasteiger partial charge in [0.1, 0.15) is 0 Å². The van der Waals surface area contributed by atoms with Crippen molar-refractivity contribution < 1.29 is 19.1 Å². The van der Waals surface area contributed by atoms with Gasteiger partial charge in [-0.15, -0.1) is 0 Å². The van der Waals surface area contributed by atoms with Crippen molar-refractivity contribution in [3.63, 3.8) is 0 Å². The number of hydrogen-bond acceptors (Lipinski definition) is 4. The van der Waals surface area contributed by atoms with Crippen molar-refractivity contribution in [1.29, 1.82) is 0 Å². The van der Waals surface area contributed by atoms with Crippen LogP contribution in [0.4, 0.5) is 0 Å². The molecule has 158 valence electrons. The lowest BCUT2D eigenvalue weighted by atomic mass is 10.1. The summed E-state index contributed by atoms with van der Waals surface area (Å²) in [4.78, 5) is 25.1. The van der Waals surface area contributed by atoms with Gasteiger partial charge in [0.15, 0.2) is 0 Å². The Bertz CT molecular complexity index is 531. The third-order valence-electron chi connectivity index (χ3n) is 4.91. The Kier molecular flexibility index (Phi) is 12.3. The predicted molar refractivity (Wildman–Crippen MR) is 114 cm³/mol. The summed E-state index contributed by atoms with van der Waals surface area (Å²) in [5.74, 6) is -0.905. The molecule has 0 saturated carbocycles. The van der Waals surface area contributed by atoms with Gasteiger partial charge in [0.2, 0.25) is 0 Å². The van der Waals surface area contributed by atoms with E-state index < -0.39 is 11.9 Å². The molecule has 0 fully saturated rings. The number of rotatable bonds is 14. The van der Waals surface area contributed by atoms with E-state index in [1.54, 1.807) is 24.3 Å². The van der Waals surface area contributed by atoms with Crippen LogP contribution in [0.25, 0.3) is 0 Å². The van der Waals surface area contributed by atoms with Gasteiger partial charge in [-0.3, -0.25) is 0 Å². The summed E-state index contributed by atoms with van der Waals surface area (Å²) in [7, 11) is 0. The van der Waals surface area contributed by atoms with Crippen molar-refractivity contribution in [2.24, 2.45) is 0 Å². The number of esters is 2. The van der Waals surface area contributed by atoms with Crippen LogP contribution in [0.5, 0.6) is 0 Å². The molecule has 0 aliphatic carbocycles. The molecule has 0 radical (unpaired) electrons. The average molecular weight is 391 g/mol. The van der Waals surface area contributed by atoms with Gasteiger partial charge >= 0.3 is 11.9 Å². The monoisotopic (exact) mass is 390 g/mol. The summed E-state index contributed by atoms with van der Waals surface area (Å²) in [5, 5.41) is 0. The molecule has 0 aromatic heterocycles. The quantitative estimate of drug-likeness (QED) is 0.261. The van der Waals surface area contributed by atoms with Gasteiger partial charge in [0.05, 0.1) is 23.3 Å². The summed E-state index contributed by atoms with van der Waals surface area (Å²) < 4.78 is 11.1. The van der Waals surface area contributed by atoms with E-state index in [9.17, 15) is 9.59 Å². The Morgan fingerprint density at radius 3 is 1.46 bits per heavy atom. The molecule has 0 aliphatic rings. The molecule has 2 atom stereocenters. The fourth-order valence-electron chi connectivity index (χ4n) is 3.17. The van der Waals surface area contributed by atoms with Gasteiger partial charge in [0.25, 0.3) is 0 Å². The largest absolute Gasteiger partial charge is 0.459 e. The lowest BCUT2D eigenvalue weighted by Gasteiger charge is -2.16. The summed E-state index contributed by atoms with van der Waals surface area (Å²) in [6, 6.07) is 6.75. The molecule has 0 spiro atoms. The second-order valence-electron chi connectivity index (χ2n) is 7.68. The van der Waals surface area contributed by atoms with E-state index in [0.29, 0.717) is 0 Å². The van der Waals surface area contributed by atoms with E-state index in [-0.39, 0.29) is 23.3 Å². The zero-order chi connectivity index (χ0) is 20.8. The Labute approximate surface area is 171 Å². The minimum atomic E-state index is -0.453. The lowest BCUT2D eigenvalue weighted by molar-refractivity contribution is 0.0270. The topological polar surface area (TPSA) is 52.6 Å². The lowest BCUT2D eigenvalue weighted by Crippen LogP contribution is -2.20. The second-order valence-corrected chi connectivity index (χ2v) is 7.68. The maximum Gasteiger partial charge on any atom is 0.339 e. The molecular formula is C24H38O4. The van der Waals surface area contributed by atoms with Gasteiger partial charge in [0, 0.05) is 0 Å². The van der Waals surface area contributed by atoms with E-state index in [0.717, 1.165) is 38.5 Å². The average Bonchev–Trinajstić information content (AvgIpc) is 2.68. The molecule has 0 bridgehead atoms. The van der Waals surface area contributed by atoms with Crippen LogP contribution < -0.4 is 0 Å². The van der Waals surface area contributed by atoms with Crippen LogP contribution >= 0.6 is 0 Å². The smallest absolute Gasteiger partial charge is 0.339 e. The Morgan fingerprint density at radius 1 is 0.714 bits per heavy atom. The van der Waals surface area contributed by atoms with E-state index in [4.69, 9.17) is 9.47 Å². The highest BCUT2D eigenvalue weighted by Crippen LogP contribution is 2.17. The van der Waals surface area contributed by atoms with Gasteiger partial charge < -0.3 is 9.47 Å². The standard InChI is InChI=1S/C24H38O4/c1-5-7-9-11-15-19(3)27-23(25)21-17-13-14-18-22(21)24(26)28-20(4)16-12-10-8-6-2/h13-14,17-20H,5-12,15-16H2,1-4H3/t19-,20-/m0/s1. The van der Waals surface area contributed by atoms with Crippen LogP contribution in [0.15, 0.2) is 24.3 Å². The van der Waals surface area contributed by atoms with Gasteiger partial charge in [-0.25, -0.2) is 9.59 Å². The molecule has 1 aromatic carbocycles. The summed E-state index contributed by atoms with van der Waals surface area (Å²) in [5.41, 5.74) is 0.567. The predicted octanol–water partition coefficient (Wildman–Crippen LogP) is 6.72. The molecule has 0 aliphatic heterocycles. The second kappa shape index (κ2) is 14.2. The van der Waals surface area contributed by atoms with Crippen LogP contribution in [-0.4, -0.2) is 24.1 Å². The fourth-order valence-corrected chi connectivity index (χ4v) is 3.17. The van der Waals surface area contributed by atoms with E-state index in [1.165, 1.54) is 25.7 Å². The maximum atomic E-state index is 12.6. The maximum absolute atomic E-state index is 12.6.